The molecule has 2 aromatic carbocycles. The second-order valence-electron chi connectivity index (χ2n) is 6.43. The quantitative estimate of drug-likeness (QED) is 0.818. The fraction of sp³-hybridized carbons (Fsp3) is 0.300. The summed E-state index contributed by atoms with van der Waals surface area (Å²) in [4.78, 5) is 1.38. The Kier molecular flexibility index (Phi) is 4.83. The Morgan fingerprint density at radius 3 is 2.52 bits per heavy atom. The number of benzene rings is 2. The van der Waals surface area contributed by atoms with Crippen molar-refractivity contribution in [1.82, 2.24) is 0 Å². The molecular weight excluding hydrogens is 254 g/mol. The van der Waals surface area contributed by atoms with Gasteiger partial charge in [0.15, 0.2) is 0 Å². The average Bonchev–Trinajstić information content (AvgIpc) is 2.45. The molecule has 1 atom stereocenters. The minimum absolute atomic E-state index is 0.0682. The fourth-order valence-electron chi connectivity index (χ4n) is 2.26. The Morgan fingerprint density at radius 2 is 1.76 bits per heavy atom. The molecule has 0 bridgehead atoms. The van der Waals surface area contributed by atoms with Crippen molar-refractivity contribution in [1.29, 1.82) is 0 Å². The van der Waals surface area contributed by atoms with Gasteiger partial charge in [-0.15, -0.1) is 0 Å². The molecule has 1 heteroatoms. The summed E-state index contributed by atoms with van der Waals surface area (Å²) < 4.78 is 0. The molecule has 21 heavy (non-hydrogen) atoms. The van der Waals surface area contributed by atoms with E-state index in [9.17, 15) is 0 Å². The summed E-state index contributed by atoms with van der Waals surface area (Å²) in [5, 5.41) is 2.62. The van der Waals surface area contributed by atoms with Crippen LogP contribution in [0.5, 0.6) is 0 Å². The number of allylic oxidation sites excluding steroid dienone is 1. The lowest BCUT2D eigenvalue weighted by Gasteiger charge is -2.13. The molecule has 0 spiro atoms. The highest BCUT2D eigenvalue weighted by molar-refractivity contribution is 5.90. The van der Waals surface area contributed by atoms with Crippen molar-refractivity contribution < 1.29 is 4.90 Å². The SMILES string of the molecule is C[NH+](C/C=C/C#CC(C)(C)C)c1cccc2ccccc12. The summed E-state index contributed by atoms with van der Waals surface area (Å²) in [6, 6.07) is 15.0. The Balaban J connectivity index is 2.11. The Bertz CT molecular complexity index is 688. The van der Waals surface area contributed by atoms with Crippen molar-refractivity contribution in [2.45, 2.75) is 20.8 Å². The van der Waals surface area contributed by atoms with Gasteiger partial charge in [-0.3, -0.25) is 0 Å². The fourth-order valence-corrected chi connectivity index (χ4v) is 2.26. The van der Waals surface area contributed by atoms with E-state index in [4.69, 9.17) is 0 Å². The summed E-state index contributed by atoms with van der Waals surface area (Å²) in [5.74, 6) is 6.34. The van der Waals surface area contributed by atoms with E-state index >= 15 is 0 Å². The first-order chi connectivity index (χ1) is 9.97. The number of nitrogens with one attached hydrogen (secondary N) is 1. The lowest BCUT2D eigenvalue weighted by atomic mass is 9.98. The summed E-state index contributed by atoms with van der Waals surface area (Å²) >= 11 is 0. The van der Waals surface area contributed by atoms with Crippen molar-refractivity contribution >= 4 is 16.5 Å². The van der Waals surface area contributed by atoms with E-state index in [0.29, 0.717) is 0 Å². The maximum absolute atomic E-state index is 3.22. The number of quaternary nitrogens is 1. The van der Waals surface area contributed by atoms with E-state index < -0.39 is 0 Å². The maximum Gasteiger partial charge on any atom is 0.139 e. The van der Waals surface area contributed by atoms with Crippen LogP contribution in [0.25, 0.3) is 10.8 Å². The Labute approximate surface area is 128 Å². The average molecular weight is 278 g/mol. The molecule has 1 unspecified atom stereocenters. The Hall–Kier alpha value is -2.04. The summed E-state index contributed by atoms with van der Waals surface area (Å²) in [7, 11) is 2.20. The molecule has 0 aliphatic heterocycles. The number of hydrogen-bond donors (Lipinski definition) is 1. The molecule has 0 aromatic heterocycles. The summed E-state index contributed by atoms with van der Waals surface area (Å²) in [6.45, 7) is 7.32. The highest BCUT2D eigenvalue weighted by atomic mass is 15.1. The van der Waals surface area contributed by atoms with Crippen LogP contribution in [-0.4, -0.2) is 13.6 Å². The van der Waals surface area contributed by atoms with E-state index in [1.807, 2.05) is 6.08 Å². The molecule has 2 rings (SSSR count). The van der Waals surface area contributed by atoms with Crippen LogP contribution in [0.1, 0.15) is 20.8 Å². The summed E-state index contributed by atoms with van der Waals surface area (Å²) in [6.07, 6.45) is 4.12. The predicted octanol–water partition coefficient (Wildman–Crippen LogP) is 3.59. The van der Waals surface area contributed by atoms with Gasteiger partial charge >= 0.3 is 0 Å². The lowest BCUT2D eigenvalue weighted by molar-refractivity contribution is -0.801. The third kappa shape index (κ3) is 4.48. The van der Waals surface area contributed by atoms with Gasteiger partial charge in [0.05, 0.1) is 7.05 Å². The summed E-state index contributed by atoms with van der Waals surface area (Å²) in [5.41, 5.74) is 1.40. The van der Waals surface area contributed by atoms with Crippen LogP contribution >= 0.6 is 0 Å². The van der Waals surface area contributed by atoms with Crippen LogP contribution in [0.3, 0.4) is 0 Å². The van der Waals surface area contributed by atoms with E-state index in [0.717, 1.165) is 6.54 Å². The number of hydrogen-bond acceptors (Lipinski definition) is 0. The third-order valence-electron chi connectivity index (χ3n) is 3.32. The normalized spacial score (nSPS) is 13.1. The molecule has 0 heterocycles. The van der Waals surface area contributed by atoms with Gasteiger partial charge in [0, 0.05) is 10.8 Å². The second kappa shape index (κ2) is 6.61. The zero-order valence-corrected chi connectivity index (χ0v) is 13.4. The van der Waals surface area contributed by atoms with Crippen molar-refractivity contribution in [3.05, 3.63) is 54.6 Å². The predicted molar refractivity (Wildman–Crippen MR) is 91.7 cm³/mol. The minimum atomic E-state index is 0.0682. The highest BCUT2D eigenvalue weighted by Gasteiger charge is 2.08. The first kappa shape index (κ1) is 15.4. The molecule has 0 radical (unpaired) electrons. The monoisotopic (exact) mass is 278 g/mol. The van der Waals surface area contributed by atoms with E-state index in [2.05, 4.69) is 88.2 Å². The minimum Gasteiger partial charge on any atom is -0.301 e. The second-order valence-corrected chi connectivity index (χ2v) is 6.43. The molecule has 0 amide bonds. The van der Waals surface area contributed by atoms with Crippen LogP contribution in [0, 0.1) is 17.3 Å². The molecule has 0 aliphatic rings. The molecular formula is C20H24N+. The van der Waals surface area contributed by atoms with Gasteiger partial charge in [0.25, 0.3) is 0 Å². The Morgan fingerprint density at radius 1 is 1.05 bits per heavy atom. The van der Waals surface area contributed by atoms with Crippen LogP contribution in [0.15, 0.2) is 54.6 Å². The molecule has 108 valence electrons. The van der Waals surface area contributed by atoms with E-state index in [1.54, 1.807) is 0 Å². The van der Waals surface area contributed by atoms with Crippen molar-refractivity contribution in [3.63, 3.8) is 0 Å². The van der Waals surface area contributed by atoms with Crippen molar-refractivity contribution in [2.75, 3.05) is 13.6 Å². The molecule has 0 saturated carbocycles. The molecule has 0 aliphatic carbocycles. The molecule has 1 N–H and O–H groups in total. The molecule has 0 saturated heterocycles. The van der Waals surface area contributed by atoms with Gasteiger partial charge in [0.2, 0.25) is 0 Å². The number of fused-ring (bicyclic) bond motifs is 1. The molecule has 1 nitrogen and oxygen atoms in total. The van der Waals surface area contributed by atoms with Crippen LogP contribution in [-0.2, 0) is 0 Å². The zero-order chi connectivity index (χ0) is 15.3. The largest absolute Gasteiger partial charge is 0.301 e. The third-order valence-corrected chi connectivity index (χ3v) is 3.32. The standard InChI is InChI=1S/C20H23N/c1-20(2,3)15-8-5-9-16-21(4)19-14-10-12-17-11-6-7-13-18(17)19/h5-7,9-14H,16H2,1-4H3/p+1/b9-5+. The first-order valence-corrected chi connectivity index (χ1v) is 7.46. The highest BCUT2D eigenvalue weighted by Crippen LogP contribution is 2.19. The zero-order valence-electron chi connectivity index (χ0n) is 13.4. The maximum atomic E-state index is 3.22. The van der Waals surface area contributed by atoms with Gasteiger partial charge in [-0.2, -0.15) is 0 Å². The topological polar surface area (TPSA) is 4.44 Å². The molecule has 0 fully saturated rings. The number of likely N-dealkylation sites (N-methyl/N-ethyl adjacent to an activating group) is 1. The van der Waals surface area contributed by atoms with Gasteiger partial charge in [-0.05, 0) is 50.4 Å². The van der Waals surface area contributed by atoms with Crippen LogP contribution < -0.4 is 4.90 Å². The van der Waals surface area contributed by atoms with Crippen LogP contribution in [0.4, 0.5) is 5.69 Å². The van der Waals surface area contributed by atoms with E-state index in [1.165, 1.54) is 21.4 Å². The van der Waals surface area contributed by atoms with Gasteiger partial charge in [-0.25, -0.2) is 0 Å². The van der Waals surface area contributed by atoms with Gasteiger partial charge in [-0.1, -0.05) is 42.2 Å². The number of rotatable bonds is 3. The lowest BCUT2D eigenvalue weighted by Crippen LogP contribution is -3.03. The first-order valence-electron chi connectivity index (χ1n) is 7.46. The molecule has 2 aromatic rings. The van der Waals surface area contributed by atoms with Crippen molar-refractivity contribution in [2.24, 2.45) is 5.41 Å². The smallest absolute Gasteiger partial charge is 0.139 e. The van der Waals surface area contributed by atoms with E-state index in [-0.39, 0.29) is 5.41 Å². The van der Waals surface area contributed by atoms with Crippen molar-refractivity contribution in [3.8, 4) is 11.8 Å². The van der Waals surface area contributed by atoms with Gasteiger partial charge < -0.3 is 4.90 Å². The van der Waals surface area contributed by atoms with Gasteiger partial charge in [0.1, 0.15) is 12.2 Å². The van der Waals surface area contributed by atoms with Crippen LogP contribution in [0.2, 0.25) is 0 Å².